The van der Waals surface area contributed by atoms with E-state index in [-0.39, 0.29) is 12.2 Å². The number of carbonyl (C=O) groups is 1. The average molecular weight is 265 g/mol. The zero-order chi connectivity index (χ0) is 14.1. The minimum absolute atomic E-state index is 0.0816. The fraction of sp³-hybridized carbons (Fsp3) is 0.533. The summed E-state index contributed by atoms with van der Waals surface area (Å²) >= 11 is 0. The van der Waals surface area contributed by atoms with Crippen molar-refractivity contribution >= 4 is 5.91 Å². The number of nitrogens with one attached hydrogen (secondary N) is 1. The van der Waals surface area contributed by atoms with Gasteiger partial charge in [0, 0.05) is 18.8 Å². The molecule has 4 nitrogen and oxygen atoms in total. The van der Waals surface area contributed by atoms with Gasteiger partial charge in [0.1, 0.15) is 0 Å². The van der Waals surface area contributed by atoms with Crippen molar-refractivity contribution in [2.24, 2.45) is 0 Å². The smallest absolute Gasteiger partial charge is 0.251 e. The number of ether oxygens (including phenoxy) is 2. The number of amides is 1. The van der Waals surface area contributed by atoms with E-state index in [0.717, 1.165) is 17.5 Å². The molecule has 0 fully saturated rings. The normalized spacial score (nSPS) is 10.7. The van der Waals surface area contributed by atoms with E-state index in [4.69, 9.17) is 9.47 Å². The number of carbonyl (C=O) groups excluding carboxylic acids is 1. The van der Waals surface area contributed by atoms with Gasteiger partial charge in [-0.05, 0) is 31.9 Å². The SMILES string of the molecule is CCOC(CNC(=O)c1ccccc1CC)OCC. The molecule has 0 aliphatic heterocycles. The first kappa shape index (κ1) is 15.7. The summed E-state index contributed by atoms with van der Waals surface area (Å²) in [6.45, 7) is 7.33. The monoisotopic (exact) mass is 265 g/mol. The number of hydrogen-bond donors (Lipinski definition) is 1. The molecule has 1 rings (SSSR count). The molecular formula is C15H23NO3. The minimum Gasteiger partial charge on any atom is -0.351 e. The van der Waals surface area contributed by atoms with Gasteiger partial charge in [0.2, 0.25) is 0 Å². The Bertz CT molecular complexity index is 387. The van der Waals surface area contributed by atoms with Crippen LogP contribution in [-0.4, -0.2) is 32.0 Å². The van der Waals surface area contributed by atoms with Crippen molar-refractivity contribution in [2.45, 2.75) is 33.5 Å². The van der Waals surface area contributed by atoms with Gasteiger partial charge in [-0.2, -0.15) is 0 Å². The average Bonchev–Trinajstić information content (AvgIpc) is 2.44. The zero-order valence-electron chi connectivity index (χ0n) is 11.9. The summed E-state index contributed by atoms with van der Waals surface area (Å²) in [4.78, 5) is 12.1. The van der Waals surface area contributed by atoms with Crippen molar-refractivity contribution in [1.82, 2.24) is 5.32 Å². The summed E-state index contributed by atoms with van der Waals surface area (Å²) in [6, 6.07) is 7.62. The molecule has 1 amide bonds. The van der Waals surface area contributed by atoms with Crippen molar-refractivity contribution in [3.05, 3.63) is 35.4 Å². The molecule has 0 aromatic heterocycles. The van der Waals surface area contributed by atoms with Crippen LogP contribution in [0.15, 0.2) is 24.3 Å². The molecule has 0 spiro atoms. The lowest BCUT2D eigenvalue weighted by molar-refractivity contribution is -0.131. The highest BCUT2D eigenvalue weighted by Gasteiger charge is 2.13. The van der Waals surface area contributed by atoms with Crippen molar-refractivity contribution in [2.75, 3.05) is 19.8 Å². The Hall–Kier alpha value is -1.39. The maximum atomic E-state index is 12.1. The van der Waals surface area contributed by atoms with Crippen LogP contribution in [0.2, 0.25) is 0 Å². The van der Waals surface area contributed by atoms with E-state index in [0.29, 0.717) is 19.8 Å². The highest BCUT2D eigenvalue weighted by atomic mass is 16.7. The Morgan fingerprint density at radius 2 is 1.79 bits per heavy atom. The van der Waals surface area contributed by atoms with Gasteiger partial charge >= 0.3 is 0 Å². The van der Waals surface area contributed by atoms with E-state index in [2.05, 4.69) is 5.32 Å². The fourth-order valence-electron chi connectivity index (χ4n) is 1.86. The van der Waals surface area contributed by atoms with Crippen LogP contribution in [0.5, 0.6) is 0 Å². The third kappa shape index (κ3) is 5.01. The topological polar surface area (TPSA) is 47.6 Å². The van der Waals surface area contributed by atoms with E-state index in [1.54, 1.807) is 0 Å². The van der Waals surface area contributed by atoms with E-state index in [1.807, 2.05) is 45.0 Å². The Morgan fingerprint density at radius 3 is 2.37 bits per heavy atom. The number of hydrogen-bond acceptors (Lipinski definition) is 3. The van der Waals surface area contributed by atoms with E-state index in [9.17, 15) is 4.79 Å². The van der Waals surface area contributed by atoms with Crippen LogP contribution in [0.1, 0.15) is 36.7 Å². The van der Waals surface area contributed by atoms with E-state index >= 15 is 0 Å². The van der Waals surface area contributed by atoms with Crippen LogP contribution < -0.4 is 5.32 Å². The largest absolute Gasteiger partial charge is 0.351 e. The first-order valence-electron chi connectivity index (χ1n) is 6.82. The molecule has 1 aromatic rings. The van der Waals surface area contributed by atoms with Gasteiger partial charge in [0.05, 0.1) is 6.54 Å². The molecule has 0 unspecified atom stereocenters. The molecule has 0 bridgehead atoms. The van der Waals surface area contributed by atoms with Crippen molar-refractivity contribution in [3.63, 3.8) is 0 Å². The Morgan fingerprint density at radius 1 is 1.16 bits per heavy atom. The van der Waals surface area contributed by atoms with Crippen molar-refractivity contribution < 1.29 is 14.3 Å². The van der Waals surface area contributed by atoms with Gasteiger partial charge in [-0.3, -0.25) is 4.79 Å². The molecular weight excluding hydrogens is 242 g/mol. The Kier molecular flexibility index (Phi) is 7.15. The molecule has 106 valence electrons. The molecule has 1 aromatic carbocycles. The highest BCUT2D eigenvalue weighted by molar-refractivity contribution is 5.95. The number of rotatable bonds is 8. The summed E-state index contributed by atoms with van der Waals surface area (Å²) in [6.07, 6.45) is 0.456. The van der Waals surface area contributed by atoms with Gasteiger partial charge in [-0.1, -0.05) is 25.1 Å². The molecule has 0 atom stereocenters. The van der Waals surface area contributed by atoms with Gasteiger partial charge in [0.25, 0.3) is 5.91 Å². The lowest BCUT2D eigenvalue weighted by Gasteiger charge is -2.17. The quantitative estimate of drug-likeness (QED) is 0.734. The molecule has 0 saturated heterocycles. The van der Waals surface area contributed by atoms with E-state index < -0.39 is 0 Å². The summed E-state index contributed by atoms with van der Waals surface area (Å²) in [7, 11) is 0. The van der Waals surface area contributed by atoms with Crippen LogP contribution in [0.3, 0.4) is 0 Å². The van der Waals surface area contributed by atoms with Crippen molar-refractivity contribution in [1.29, 1.82) is 0 Å². The fourth-order valence-corrected chi connectivity index (χ4v) is 1.86. The summed E-state index contributed by atoms with van der Waals surface area (Å²) in [5.74, 6) is -0.0816. The standard InChI is InChI=1S/C15H23NO3/c1-4-12-9-7-8-10-13(12)15(17)16-11-14(18-5-2)19-6-3/h7-10,14H,4-6,11H2,1-3H3,(H,16,17). The summed E-state index contributed by atoms with van der Waals surface area (Å²) in [5.41, 5.74) is 1.76. The van der Waals surface area contributed by atoms with Crippen LogP contribution in [-0.2, 0) is 15.9 Å². The molecule has 4 heteroatoms. The van der Waals surface area contributed by atoms with Gasteiger partial charge < -0.3 is 14.8 Å². The van der Waals surface area contributed by atoms with Crippen LogP contribution in [0.25, 0.3) is 0 Å². The second-order valence-corrected chi connectivity index (χ2v) is 4.06. The first-order chi connectivity index (χ1) is 9.22. The second-order valence-electron chi connectivity index (χ2n) is 4.06. The van der Waals surface area contributed by atoms with Gasteiger partial charge in [0.15, 0.2) is 6.29 Å². The van der Waals surface area contributed by atoms with Crippen LogP contribution in [0, 0.1) is 0 Å². The van der Waals surface area contributed by atoms with Crippen LogP contribution in [0.4, 0.5) is 0 Å². The predicted octanol–water partition coefficient (Wildman–Crippen LogP) is 2.38. The Balaban J connectivity index is 2.58. The number of benzene rings is 1. The van der Waals surface area contributed by atoms with Crippen molar-refractivity contribution in [3.8, 4) is 0 Å². The second kappa shape index (κ2) is 8.67. The molecule has 1 N–H and O–H groups in total. The maximum Gasteiger partial charge on any atom is 0.251 e. The summed E-state index contributed by atoms with van der Waals surface area (Å²) in [5, 5.41) is 2.85. The van der Waals surface area contributed by atoms with E-state index in [1.165, 1.54) is 0 Å². The van der Waals surface area contributed by atoms with Gasteiger partial charge in [-0.15, -0.1) is 0 Å². The summed E-state index contributed by atoms with van der Waals surface area (Å²) < 4.78 is 10.8. The molecule has 0 saturated carbocycles. The molecule has 0 heterocycles. The first-order valence-corrected chi connectivity index (χ1v) is 6.82. The highest BCUT2D eigenvalue weighted by Crippen LogP contribution is 2.09. The maximum absolute atomic E-state index is 12.1. The zero-order valence-corrected chi connectivity index (χ0v) is 11.9. The predicted molar refractivity (Wildman–Crippen MR) is 75.2 cm³/mol. The Labute approximate surface area is 115 Å². The molecule has 0 aliphatic rings. The van der Waals surface area contributed by atoms with Crippen LogP contribution >= 0.6 is 0 Å². The third-order valence-corrected chi connectivity index (χ3v) is 2.78. The third-order valence-electron chi connectivity index (χ3n) is 2.78. The molecule has 19 heavy (non-hydrogen) atoms. The molecule has 0 radical (unpaired) electrons. The van der Waals surface area contributed by atoms with Gasteiger partial charge in [-0.25, -0.2) is 0 Å². The lowest BCUT2D eigenvalue weighted by Crippen LogP contribution is -2.35. The number of aryl methyl sites for hydroxylation is 1. The molecule has 0 aliphatic carbocycles. The lowest BCUT2D eigenvalue weighted by atomic mass is 10.0. The minimum atomic E-state index is -0.382.